The number of carbonyl (C=O) groups is 3. The molecule has 2 aromatic carbocycles. The molecule has 2 aromatic heterocycles. The first-order valence-corrected chi connectivity index (χ1v) is 13.3. The van der Waals surface area contributed by atoms with E-state index in [9.17, 15) is 14.4 Å². The summed E-state index contributed by atoms with van der Waals surface area (Å²) in [6, 6.07) is 15.2. The highest BCUT2D eigenvalue weighted by atomic mass is 16.5. The molecule has 2 heterocycles. The van der Waals surface area contributed by atoms with Gasteiger partial charge in [-0.15, -0.1) is 6.58 Å². The van der Waals surface area contributed by atoms with Gasteiger partial charge >= 0.3 is 5.97 Å². The number of benzene rings is 2. The Hall–Kier alpha value is -4.71. The molecular weight excluding hydrogens is 500 g/mol. The number of fused-ring (bicyclic) bond motifs is 2. The highest BCUT2D eigenvalue weighted by molar-refractivity contribution is 6.49. The van der Waals surface area contributed by atoms with Gasteiger partial charge in [0.1, 0.15) is 0 Å². The normalized spacial score (nSPS) is 14.3. The quantitative estimate of drug-likeness (QED) is 0.148. The third kappa shape index (κ3) is 4.45. The third-order valence-corrected chi connectivity index (χ3v) is 7.39. The number of carbonyl (C=O) groups excluding carboxylic acids is 3. The fraction of sp³-hybridized carbons (Fsp3) is 0.206. The van der Waals surface area contributed by atoms with Crippen molar-refractivity contribution >= 4 is 50.5 Å². The predicted octanol–water partition coefficient (Wildman–Crippen LogP) is 7.35. The molecule has 0 spiro atoms. The number of ether oxygens (including phenoxy) is 1. The average Bonchev–Trinajstić information content (AvgIpc) is 3.52. The van der Waals surface area contributed by atoms with E-state index < -0.39 is 17.2 Å². The molecule has 0 atom stereocenters. The summed E-state index contributed by atoms with van der Waals surface area (Å²) in [5, 5.41) is 1.56. The van der Waals surface area contributed by atoms with Crippen LogP contribution in [0.2, 0.25) is 0 Å². The zero-order valence-electron chi connectivity index (χ0n) is 23.4. The largest absolute Gasteiger partial charge is 0.422 e. The number of hydrogen-bond acceptors (Lipinski definition) is 4. The maximum absolute atomic E-state index is 14.7. The molecule has 202 valence electrons. The van der Waals surface area contributed by atoms with Crippen molar-refractivity contribution in [3.8, 4) is 0 Å². The molecule has 0 saturated carbocycles. The molecule has 2 N–H and O–H groups in total. The van der Waals surface area contributed by atoms with Crippen molar-refractivity contribution in [2.24, 2.45) is 0 Å². The lowest BCUT2D eigenvalue weighted by Crippen LogP contribution is -2.27. The second-order valence-electron chi connectivity index (χ2n) is 10.9. The molecule has 0 bridgehead atoms. The smallest absolute Gasteiger partial charge is 0.308 e. The van der Waals surface area contributed by atoms with E-state index in [1.807, 2.05) is 82.3 Å². The Morgan fingerprint density at radius 2 is 1.57 bits per heavy atom. The summed E-state index contributed by atoms with van der Waals surface area (Å²) in [7, 11) is 0. The number of para-hydroxylation sites is 2. The Morgan fingerprint density at radius 1 is 0.925 bits per heavy atom. The Morgan fingerprint density at radius 3 is 2.23 bits per heavy atom. The molecule has 0 aliphatic heterocycles. The molecule has 6 heteroatoms. The van der Waals surface area contributed by atoms with Crippen molar-refractivity contribution in [3.05, 3.63) is 107 Å². The van der Waals surface area contributed by atoms with Crippen LogP contribution in [-0.4, -0.2) is 27.5 Å². The SMILES string of the molecule is C=CC(C)(C)c1[nH]c2ccccc2c1C1=C(OC(C)=O)C(=O)C(c2c[nH]c3ccccc23)=C(CC=C(C)C)C1=O. The van der Waals surface area contributed by atoms with Gasteiger partial charge in [0.2, 0.25) is 5.78 Å². The first-order valence-electron chi connectivity index (χ1n) is 13.3. The molecule has 5 rings (SSSR count). The zero-order chi connectivity index (χ0) is 28.8. The molecule has 4 aromatic rings. The lowest BCUT2D eigenvalue weighted by Gasteiger charge is -2.26. The number of aromatic nitrogens is 2. The molecule has 1 aliphatic carbocycles. The van der Waals surface area contributed by atoms with E-state index in [1.54, 1.807) is 12.3 Å². The van der Waals surface area contributed by atoms with Crippen molar-refractivity contribution in [3.63, 3.8) is 0 Å². The second kappa shape index (κ2) is 10.1. The van der Waals surface area contributed by atoms with E-state index in [1.165, 1.54) is 6.92 Å². The van der Waals surface area contributed by atoms with Crippen LogP contribution in [0.1, 0.15) is 57.9 Å². The molecule has 0 fully saturated rings. The van der Waals surface area contributed by atoms with Crippen molar-refractivity contribution in [2.45, 2.75) is 46.5 Å². The van der Waals surface area contributed by atoms with Gasteiger partial charge < -0.3 is 14.7 Å². The van der Waals surface area contributed by atoms with Gasteiger partial charge in [-0.05, 0) is 32.4 Å². The summed E-state index contributed by atoms with van der Waals surface area (Å²) < 4.78 is 5.65. The van der Waals surface area contributed by atoms with Crippen LogP contribution < -0.4 is 0 Å². The summed E-state index contributed by atoms with van der Waals surface area (Å²) in [6.07, 6.45) is 5.72. The van der Waals surface area contributed by atoms with Crippen LogP contribution in [-0.2, 0) is 24.5 Å². The molecule has 1 aliphatic rings. The van der Waals surface area contributed by atoms with Crippen LogP contribution in [0.15, 0.2) is 90.4 Å². The molecule has 0 saturated heterocycles. The minimum absolute atomic E-state index is 0.0864. The average molecular weight is 533 g/mol. The third-order valence-electron chi connectivity index (χ3n) is 7.39. The fourth-order valence-corrected chi connectivity index (χ4v) is 5.25. The van der Waals surface area contributed by atoms with Gasteiger partial charge in [0.05, 0.1) is 5.57 Å². The van der Waals surface area contributed by atoms with Crippen LogP contribution in [0.5, 0.6) is 0 Å². The number of allylic oxidation sites excluding steroid dienone is 6. The molecule has 6 nitrogen and oxygen atoms in total. The molecule has 0 unspecified atom stereocenters. The minimum Gasteiger partial charge on any atom is -0.422 e. The van der Waals surface area contributed by atoms with E-state index in [4.69, 9.17) is 4.74 Å². The summed E-state index contributed by atoms with van der Waals surface area (Å²) in [4.78, 5) is 48.2. The van der Waals surface area contributed by atoms with Gasteiger partial charge in [-0.1, -0.05) is 68.0 Å². The molecule has 40 heavy (non-hydrogen) atoms. The van der Waals surface area contributed by atoms with E-state index in [0.717, 1.165) is 27.4 Å². The zero-order valence-corrected chi connectivity index (χ0v) is 23.4. The highest BCUT2D eigenvalue weighted by Crippen LogP contribution is 2.45. The lowest BCUT2D eigenvalue weighted by atomic mass is 9.77. The summed E-state index contributed by atoms with van der Waals surface area (Å²) in [5.41, 5.74) is 4.60. The van der Waals surface area contributed by atoms with E-state index >= 15 is 0 Å². The van der Waals surface area contributed by atoms with E-state index in [0.29, 0.717) is 22.4 Å². The van der Waals surface area contributed by atoms with Gasteiger partial charge in [-0.3, -0.25) is 14.4 Å². The number of rotatable bonds is 7. The lowest BCUT2D eigenvalue weighted by molar-refractivity contribution is -0.139. The maximum atomic E-state index is 14.7. The Labute approximate surface area is 233 Å². The topological polar surface area (TPSA) is 92.0 Å². The van der Waals surface area contributed by atoms with Crippen LogP contribution >= 0.6 is 0 Å². The Kier molecular flexibility index (Phi) is 6.80. The monoisotopic (exact) mass is 532 g/mol. The standard InChI is InChI=1S/C34H32N2O4/c1-7-34(5,6)33-28(22-13-9-11-15-26(22)36-33)29-30(38)23(17-16-19(2)3)27(31(39)32(29)40-20(4)37)24-18-35-25-14-10-8-12-21(24)25/h7-16,18,35-36H,1,17H2,2-6H3. The molecule has 0 amide bonds. The van der Waals surface area contributed by atoms with Crippen LogP contribution in [0, 0.1) is 0 Å². The number of ketones is 2. The van der Waals surface area contributed by atoms with Crippen molar-refractivity contribution < 1.29 is 19.1 Å². The summed E-state index contributed by atoms with van der Waals surface area (Å²) >= 11 is 0. The van der Waals surface area contributed by atoms with Crippen LogP contribution in [0.3, 0.4) is 0 Å². The summed E-state index contributed by atoms with van der Waals surface area (Å²) in [6.45, 7) is 13.1. The predicted molar refractivity (Wildman–Crippen MR) is 159 cm³/mol. The summed E-state index contributed by atoms with van der Waals surface area (Å²) in [5.74, 6) is -1.78. The number of Topliss-reactive ketones (excluding diaryl/α,β-unsaturated/α-hetero) is 2. The molecule has 0 radical (unpaired) electrons. The van der Waals surface area contributed by atoms with Crippen molar-refractivity contribution in [2.75, 3.05) is 0 Å². The van der Waals surface area contributed by atoms with Crippen LogP contribution in [0.25, 0.3) is 33.0 Å². The number of aromatic amines is 2. The van der Waals surface area contributed by atoms with Gasteiger partial charge in [0.25, 0.3) is 0 Å². The van der Waals surface area contributed by atoms with E-state index in [-0.39, 0.29) is 29.1 Å². The van der Waals surface area contributed by atoms with Crippen molar-refractivity contribution in [1.82, 2.24) is 9.97 Å². The minimum atomic E-state index is -0.677. The van der Waals surface area contributed by atoms with Gasteiger partial charge in [-0.2, -0.15) is 0 Å². The first-order chi connectivity index (χ1) is 19.0. The first kappa shape index (κ1) is 26.9. The fourth-order valence-electron chi connectivity index (χ4n) is 5.25. The van der Waals surface area contributed by atoms with E-state index in [2.05, 4.69) is 16.5 Å². The van der Waals surface area contributed by atoms with Gasteiger partial charge in [0, 0.05) is 68.3 Å². The van der Waals surface area contributed by atoms with Gasteiger partial charge in [0.15, 0.2) is 11.5 Å². The highest BCUT2D eigenvalue weighted by Gasteiger charge is 2.41. The number of esters is 1. The number of H-pyrrole nitrogens is 2. The Balaban J connectivity index is 1.88. The second-order valence-corrected chi connectivity index (χ2v) is 10.9. The molecular formula is C34H32N2O4. The number of nitrogens with one attached hydrogen (secondary N) is 2. The Bertz CT molecular complexity index is 1820. The van der Waals surface area contributed by atoms with Crippen molar-refractivity contribution in [1.29, 1.82) is 0 Å². The van der Waals surface area contributed by atoms with Crippen LogP contribution in [0.4, 0.5) is 0 Å². The van der Waals surface area contributed by atoms with Gasteiger partial charge in [-0.25, -0.2) is 0 Å². The maximum Gasteiger partial charge on any atom is 0.308 e. The number of hydrogen-bond donors (Lipinski definition) is 2.